The Bertz CT molecular complexity index is 712. The Morgan fingerprint density at radius 3 is 2.42 bits per heavy atom. The molecule has 0 bridgehead atoms. The summed E-state index contributed by atoms with van der Waals surface area (Å²) in [4.78, 5) is -0.786. The number of phenols is 1. The third kappa shape index (κ3) is 3.60. The van der Waals surface area contributed by atoms with Crippen LogP contribution < -0.4 is 5.32 Å². The van der Waals surface area contributed by atoms with Gasteiger partial charge in [-0.2, -0.15) is 18.9 Å². The zero-order valence-electron chi connectivity index (χ0n) is 9.12. The van der Waals surface area contributed by atoms with Gasteiger partial charge in [0.2, 0.25) is 0 Å². The number of benzene rings is 1. The van der Waals surface area contributed by atoms with Crippen molar-refractivity contribution in [2.75, 3.05) is 5.32 Å². The van der Waals surface area contributed by atoms with Crippen LogP contribution in [0.3, 0.4) is 0 Å². The molecule has 1 rings (SSSR count). The molecule has 3 N–H and O–H groups in total. The molecule has 0 amide bonds. The molecule has 1 aromatic carbocycles. The molecule has 0 spiro atoms. The van der Waals surface area contributed by atoms with Crippen LogP contribution in [0.15, 0.2) is 28.8 Å². The zero-order chi connectivity index (χ0) is 14.6. The van der Waals surface area contributed by atoms with Crippen molar-refractivity contribution in [2.45, 2.75) is 4.90 Å². The average Bonchev–Trinajstić information content (AvgIpc) is 2.32. The SMILES string of the molecule is N#CC(C#N)=CNc1cc(Cl)cc(S(=O)(=O)O)c1O. The zero-order valence-corrected chi connectivity index (χ0v) is 10.7. The monoisotopic (exact) mass is 299 g/mol. The van der Waals surface area contributed by atoms with Crippen molar-refractivity contribution in [3.05, 3.63) is 28.9 Å². The smallest absolute Gasteiger partial charge is 0.298 e. The first kappa shape index (κ1) is 14.8. The molecule has 0 atom stereocenters. The van der Waals surface area contributed by atoms with Crippen molar-refractivity contribution in [3.63, 3.8) is 0 Å². The number of hydrogen-bond acceptors (Lipinski definition) is 6. The number of nitrogens with zero attached hydrogens (tertiary/aromatic N) is 2. The maximum Gasteiger partial charge on any atom is 0.298 e. The number of nitriles is 2. The Labute approximate surface area is 113 Å². The van der Waals surface area contributed by atoms with Gasteiger partial charge < -0.3 is 10.4 Å². The molecule has 98 valence electrons. The molecule has 0 aromatic heterocycles. The lowest BCUT2D eigenvalue weighted by Gasteiger charge is -2.08. The van der Waals surface area contributed by atoms with Gasteiger partial charge in [0.05, 0.1) is 5.69 Å². The predicted molar refractivity (Wildman–Crippen MR) is 65.9 cm³/mol. The van der Waals surface area contributed by atoms with Crippen molar-refractivity contribution in [2.24, 2.45) is 0 Å². The highest BCUT2D eigenvalue weighted by molar-refractivity contribution is 7.86. The summed E-state index contributed by atoms with van der Waals surface area (Å²) in [5.41, 5.74) is -0.476. The Morgan fingerprint density at radius 1 is 1.37 bits per heavy atom. The first-order valence-corrected chi connectivity index (χ1v) is 6.38. The van der Waals surface area contributed by atoms with Gasteiger partial charge in [0.1, 0.15) is 22.6 Å². The van der Waals surface area contributed by atoms with E-state index in [4.69, 9.17) is 26.7 Å². The fraction of sp³-hybridized carbons (Fsp3) is 0. The minimum atomic E-state index is -4.65. The van der Waals surface area contributed by atoms with Crippen LogP contribution in [0.4, 0.5) is 5.69 Å². The first-order valence-electron chi connectivity index (χ1n) is 4.56. The van der Waals surface area contributed by atoms with E-state index < -0.39 is 20.8 Å². The van der Waals surface area contributed by atoms with Crippen LogP contribution >= 0.6 is 11.6 Å². The lowest BCUT2D eigenvalue weighted by atomic mass is 10.3. The number of allylic oxidation sites excluding steroid dienone is 1. The van der Waals surface area contributed by atoms with Gasteiger partial charge in [-0.1, -0.05) is 11.6 Å². The van der Waals surface area contributed by atoms with E-state index in [1.165, 1.54) is 0 Å². The molecule has 0 aliphatic heterocycles. The molecule has 0 aliphatic rings. The summed E-state index contributed by atoms with van der Waals surface area (Å²) in [6, 6.07) is 5.13. The maximum atomic E-state index is 11.0. The van der Waals surface area contributed by atoms with Crippen LogP contribution in [0.25, 0.3) is 0 Å². The normalized spacial score (nSPS) is 10.1. The van der Waals surface area contributed by atoms with Crippen molar-refractivity contribution in [3.8, 4) is 17.9 Å². The van der Waals surface area contributed by atoms with E-state index in [-0.39, 0.29) is 16.3 Å². The van der Waals surface area contributed by atoms with E-state index in [0.717, 1.165) is 18.3 Å². The number of halogens is 1. The number of phenolic OH excluding ortho intramolecular Hbond substituents is 1. The molecule has 0 saturated carbocycles. The average molecular weight is 300 g/mol. The first-order chi connectivity index (χ1) is 8.79. The molecule has 0 unspecified atom stereocenters. The molecule has 1 aromatic rings. The molecule has 7 nitrogen and oxygen atoms in total. The van der Waals surface area contributed by atoms with Gasteiger partial charge >= 0.3 is 0 Å². The van der Waals surface area contributed by atoms with Crippen LogP contribution in [0.5, 0.6) is 5.75 Å². The lowest BCUT2D eigenvalue weighted by molar-refractivity contribution is 0.445. The van der Waals surface area contributed by atoms with E-state index in [0.29, 0.717) is 0 Å². The van der Waals surface area contributed by atoms with Gasteiger partial charge in [-0.25, -0.2) is 0 Å². The molecule has 0 radical (unpaired) electrons. The summed E-state index contributed by atoms with van der Waals surface area (Å²) in [5.74, 6) is -0.779. The Kier molecular flexibility index (Phi) is 4.35. The summed E-state index contributed by atoms with van der Waals surface area (Å²) >= 11 is 5.63. The standard InChI is InChI=1S/C10H6ClN3O4S/c11-7-1-8(14-5-6(3-12)4-13)10(15)9(2-7)19(16,17)18/h1-2,5,14-15H,(H,16,17,18). The molecule has 0 fully saturated rings. The fourth-order valence-corrected chi connectivity index (χ4v) is 2.03. The number of nitrogens with one attached hydrogen (secondary N) is 1. The van der Waals surface area contributed by atoms with E-state index in [9.17, 15) is 13.5 Å². The van der Waals surface area contributed by atoms with Gasteiger partial charge in [0.15, 0.2) is 5.75 Å². The highest BCUT2D eigenvalue weighted by Crippen LogP contribution is 2.34. The Balaban J connectivity index is 3.33. The van der Waals surface area contributed by atoms with Crippen molar-refractivity contribution >= 4 is 27.4 Å². The Hall–Kier alpha value is -2.26. The maximum absolute atomic E-state index is 11.0. The van der Waals surface area contributed by atoms with Gasteiger partial charge in [-0.15, -0.1) is 0 Å². The van der Waals surface area contributed by atoms with Gasteiger partial charge in [-0.05, 0) is 12.1 Å². The van der Waals surface area contributed by atoms with Crippen LogP contribution in [0, 0.1) is 22.7 Å². The third-order valence-corrected chi connectivity index (χ3v) is 3.02. The van der Waals surface area contributed by atoms with Crippen molar-refractivity contribution in [1.82, 2.24) is 0 Å². The van der Waals surface area contributed by atoms with E-state index in [2.05, 4.69) is 5.32 Å². The molecule has 19 heavy (non-hydrogen) atoms. The van der Waals surface area contributed by atoms with Gasteiger partial charge in [0, 0.05) is 11.2 Å². The molecular weight excluding hydrogens is 294 g/mol. The van der Waals surface area contributed by atoms with E-state index in [1.807, 2.05) is 0 Å². The minimum absolute atomic E-state index is 0.0724. The molecule has 9 heteroatoms. The third-order valence-electron chi connectivity index (χ3n) is 1.93. The fourth-order valence-electron chi connectivity index (χ4n) is 1.12. The summed E-state index contributed by atoms with van der Waals surface area (Å²) < 4.78 is 30.9. The van der Waals surface area contributed by atoms with Crippen LogP contribution in [-0.2, 0) is 10.1 Å². The van der Waals surface area contributed by atoms with Crippen LogP contribution in [0.2, 0.25) is 5.02 Å². The second-order valence-electron chi connectivity index (χ2n) is 3.20. The second kappa shape index (κ2) is 5.59. The highest BCUT2D eigenvalue weighted by Gasteiger charge is 2.19. The number of aromatic hydroxyl groups is 1. The van der Waals surface area contributed by atoms with Crippen LogP contribution in [0.1, 0.15) is 0 Å². The quantitative estimate of drug-likeness (QED) is 0.438. The number of hydrogen-bond donors (Lipinski definition) is 3. The molecule has 0 aliphatic carbocycles. The second-order valence-corrected chi connectivity index (χ2v) is 5.03. The van der Waals surface area contributed by atoms with E-state index in [1.54, 1.807) is 12.1 Å². The van der Waals surface area contributed by atoms with E-state index >= 15 is 0 Å². The molecule has 0 saturated heterocycles. The van der Waals surface area contributed by atoms with Crippen LogP contribution in [-0.4, -0.2) is 18.1 Å². The molecular formula is C10H6ClN3O4S. The summed E-state index contributed by atoms with van der Waals surface area (Å²) in [5, 5.41) is 28.9. The summed E-state index contributed by atoms with van der Waals surface area (Å²) in [7, 11) is -4.65. The predicted octanol–water partition coefficient (Wildman–Crippen LogP) is 1.64. The summed E-state index contributed by atoms with van der Waals surface area (Å²) in [6.45, 7) is 0. The Morgan fingerprint density at radius 2 is 1.95 bits per heavy atom. The number of anilines is 1. The lowest BCUT2D eigenvalue weighted by Crippen LogP contribution is -2.01. The highest BCUT2D eigenvalue weighted by atomic mass is 35.5. The van der Waals surface area contributed by atoms with Crippen molar-refractivity contribution < 1.29 is 18.1 Å². The largest absolute Gasteiger partial charge is 0.504 e. The van der Waals surface area contributed by atoms with Gasteiger partial charge in [0.25, 0.3) is 10.1 Å². The summed E-state index contributed by atoms with van der Waals surface area (Å²) in [6.07, 6.45) is 0.957. The number of rotatable bonds is 3. The molecule has 0 heterocycles. The van der Waals surface area contributed by atoms with Crippen molar-refractivity contribution in [1.29, 1.82) is 10.5 Å². The van der Waals surface area contributed by atoms with Gasteiger partial charge in [-0.3, -0.25) is 4.55 Å². The minimum Gasteiger partial charge on any atom is -0.504 e. The topological polar surface area (TPSA) is 134 Å².